The van der Waals surface area contributed by atoms with Gasteiger partial charge >= 0.3 is 0 Å². The van der Waals surface area contributed by atoms with Crippen LogP contribution in [0.15, 0.2) is 59.7 Å². The molecule has 0 aromatic heterocycles. The summed E-state index contributed by atoms with van der Waals surface area (Å²) in [6, 6.07) is 17.1. The van der Waals surface area contributed by atoms with Gasteiger partial charge in [0.1, 0.15) is 0 Å². The van der Waals surface area contributed by atoms with E-state index in [4.69, 9.17) is 11.6 Å². The second-order valence-electron chi connectivity index (χ2n) is 4.33. The van der Waals surface area contributed by atoms with Crippen LogP contribution in [-0.2, 0) is 11.2 Å². The van der Waals surface area contributed by atoms with Crippen LogP contribution < -0.4 is 5.43 Å². The first-order valence-electron chi connectivity index (χ1n) is 6.35. The van der Waals surface area contributed by atoms with Gasteiger partial charge in [-0.2, -0.15) is 5.10 Å². The maximum Gasteiger partial charge on any atom is 0.240 e. The van der Waals surface area contributed by atoms with Crippen LogP contribution in [0, 0.1) is 0 Å². The highest BCUT2D eigenvalue weighted by Crippen LogP contribution is 2.07. The molecule has 0 fully saturated rings. The summed E-state index contributed by atoms with van der Waals surface area (Å²) in [5, 5.41) is 4.59. The second kappa shape index (κ2) is 7.46. The number of hydrogen-bond donors (Lipinski definition) is 1. The van der Waals surface area contributed by atoms with Crippen molar-refractivity contribution in [2.75, 3.05) is 0 Å². The highest BCUT2D eigenvalue weighted by atomic mass is 35.5. The summed E-state index contributed by atoms with van der Waals surface area (Å²) in [7, 11) is 0. The Hall–Kier alpha value is -2.13. The van der Waals surface area contributed by atoms with Crippen LogP contribution in [0.25, 0.3) is 0 Å². The van der Waals surface area contributed by atoms with Gasteiger partial charge in [-0.1, -0.05) is 54.1 Å². The van der Waals surface area contributed by atoms with E-state index in [1.54, 1.807) is 18.3 Å². The molecule has 0 radical (unpaired) electrons. The van der Waals surface area contributed by atoms with E-state index in [2.05, 4.69) is 10.5 Å². The Morgan fingerprint density at radius 1 is 1.10 bits per heavy atom. The fourth-order valence-corrected chi connectivity index (χ4v) is 1.81. The molecule has 0 aliphatic heterocycles. The first-order chi connectivity index (χ1) is 9.74. The molecule has 3 nitrogen and oxygen atoms in total. The number of nitrogens with one attached hydrogen (secondary N) is 1. The molecule has 1 amide bonds. The van der Waals surface area contributed by atoms with Crippen LogP contribution in [0.2, 0.25) is 5.02 Å². The van der Waals surface area contributed by atoms with Gasteiger partial charge in [0, 0.05) is 11.4 Å². The number of rotatable bonds is 5. The molecule has 2 aromatic carbocycles. The highest BCUT2D eigenvalue weighted by Gasteiger charge is 2.00. The van der Waals surface area contributed by atoms with E-state index in [9.17, 15) is 4.79 Å². The van der Waals surface area contributed by atoms with Crippen molar-refractivity contribution < 1.29 is 4.79 Å². The molecule has 0 atom stereocenters. The molecule has 0 heterocycles. The minimum atomic E-state index is -0.0981. The Morgan fingerprint density at radius 3 is 2.50 bits per heavy atom. The third-order valence-corrected chi connectivity index (χ3v) is 3.01. The first kappa shape index (κ1) is 14.3. The number of aryl methyl sites for hydroxylation is 1. The Morgan fingerprint density at radius 2 is 1.80 bits per heavy atom. The Bertz CT molecular complexity index is 579. The third kappa shape index (κ3) is 4.86. The predicted molar refractivity (Wildman–Crippen MR) is 82.0 cm³/mol. The van der Waals surface area contributed by atoms with E-state index in [1.807, 2.05) is 42.5 Å². The Labute approximate surface area is 123 Å². The van der Waals surface area contributed by atoms with Crippen LogP contribution in [0.3, 0.4) is 0 Å². The maximum absolute atomic E-state index is 11.6. The molecule has 102 valence electrons. The van der Waals surface area contributed by atoms with Gasteiger partial charge in [0.15, 0.2) is 0 Å². The summed E-state index contributed by atoms with van der Waals surface area (Å²) in [5.41, 5.74) is 4.54. The number of benzene rings is 2. The summed E-state index contributed by atoms with van der Waals surface area (Å²) in [6.45, 7) is 0. The molecule has 1 N–H and O–H groups in total. The van der Waals surface area contributed by atoms with E-state index < -0.39 is 0 Å². The van der Waals surface area contributed by atoms with Gasteiger partial charge in [0.25, 0.3) is 0 Å². The lowest BCUT2D eigenvalue weighted by atomic mass is 10.1. The molecule has 0 saturated carbocycles. The second-order valence-corrected chi connectivity index (χ2v) is 4.77. The molecule has 0 unspecified atom stereocenters. The van der Waals surface area contributed by atoms with Crippen LogP contribution in [0.5, 0.6) is 0 Å². The van der Waals surface area contributed by atoms with Crippen molar-refractivity contribution in [2.45, 2.75) is 12.8 Å². The Balaban J connectivity index is 1.76. The van der Waals surface area contributed by atoms with Gasteiger partial charge in [0.05, 0.1) is 6.21 Å². The molecule has 0 aliphatic rings. The lowest BCUT2D eigenvalue weighted by Crippen LogP contribution is -2.17. The van der Waals surface area contributed by atoms with Crippen molar-refractivity contribution in [1.82, 2.24) is 5.43 Å². The minimum Gasteiger partial charge on any atom is -0.273 e. The van der Waals surface area contributed by atoms with Crippen molar-refractivity contribution in [2.24, 2.45) is 5.10 Å². The van der Waals surface area contributed by atoms with Gasteiger partial charge < -0.3 is 0 Å². The van der Waals surface area contributed by atoms with Gasteiger partial charge in [0.2, 0.25) is 5.91 Å². The van der Waals surface area contributed by atoms with Crippen molar-refractivity contribution in [3.63, 3.8) is 0 Å². The van der Waals surface area contributed by atoms with Gasteiger partial charge in [-0.25, -0.2) is 5.43 Å². The molecule has 20 heavy (non-hydrogen) atoms. The van der Waals surface area contributed by atoms with Crippen molar-refractivity contribution >= 4 is 23.7 Å². The summed E-state index contributed by atoms with van der Waals surface area (Å²) in [4.78, 5) is 11.6. The fraction of sp³-hybridized carbons (Fsp3) is 0.125. The fourth-order valence-electron chi connectivity index (χ4n) is 1.69. The molecule has 0 spiro atoms. The van der Waals surface area contributed by atoms with Gasteiger partial charge in [-0.15, -0.1) is 0 Å². The number of carbonyl (C=O) groups is 1. The quantitative estimate of drug-likeness (QED) is 0.664. The van der Waals surface area contributed by atoms with Crippen LogP contribution in [0.1, 0.15) is 17.5 Å². The monoisotopic (exact) mass is 286 g/mol. The zero-order valence-electron chi connectivity index (χ0n) is 10.9. The average molecular weight is 287 g/mol. The highest BCUT2D eigenvalue weighted by molar-refractivity contribution is 6.30. The number of carbonyl (C=O) groups excluding carboxylic acids is 1. The average Bonchev–Trinajstić information content (AvgIpc) is 2.48. The number of nitrogens with zero attached hydrogens (tertiary/aromatic N) is 1. The van der Waals surface area contributed by atoms with E-state index in [0.29, 0.717) is 17.9 Å². The van der Waals surface area contributed by atoms with Crippen molar-refractivity contribution in [3.05, 3.63) is 70.7 Å². The molecular formula is C16H15ClN2O. The zero-order valence-corrected chi connectivity index (χ0v) is 11.7. The largest absolute Gasteiger partial charge is 0.273 e. The van der Waals surface area contributed by atoms with E-state index in [0.717, 1.165) is 11.1 Å². The zero-order chi connectivity index (χ0) is 14.2. The number of hydrogen-bond acceptors (Lipinski definition) is 2. The normalized spacial score (nSPS) is 10.7. The molecular weight excluding hydrogens is 272 g/mol. The van der Waals surface area contributed by atoms with Crippen LogP contribution >= 0.6 is 11.6 Å². The molecule has 0 saturated heterocycles. The van der Waals surface area contributed by atoms with Crippen molar-refractivity contribution in [1.29, 1.82) is 0 Å². The summed E-state index contributed by atoms with van der Waals surface area (Å²) >= 11 is 5.78. The van der Waals surface area contributed by atoms with Crippen LogP contribution in [0.4, 0.5) is 0 Å². The topological polar surface area (TPSA) is 41.5 Å². The van der Waals surface area contributed by atoms with E-state index >= 15 is 0 Å². The molecule has 4 heteroatoms. The maximum atomic E-state index is 11.6. The third-order valence-electron chi connectivity index (χ3n) is 2.76. The first-order valence-corrected chi connectivity index (χ1v) is 6.73. The Kier molecular flexibility index (Phi) is 5.33. The summed E-state index contributed by atoms with van der Waals surface area (Å²) in [6.07, 6.45) is 2.72. The molecule has 0 bridgehead atoms. The van der Waals surface area contributed by atoms with Gasteiger partial charge in [-0.05, 0) is 29.7 Å². The van der Waals surface area contributed by atoms with Crippen LogP contribution in [-0.4, -0.2) is 12.1 Å². The van der Waals surface area contributed by atoms with E-state index in [-0.39, 0.29) is 5.91 Å². The lowest BCUT2D eigenvalue weighted by molar-refractivity contribution is -0.121. The SMILES string of the molecule is O=C(CCc1ccccc1)N/N=C\c1ccc(Cl)cc1. The number of hydrazone groups is 1. The smallest absolute Gasteiger partial charge is 0.240 e. The minimum absolute atomic E-state index is 0.0981. The van der Waals surface area contributed by atoms with Crippen molar-refractivity contribution in [3.8, 4) is 0 Å². The molecule has 0 aliphatic carbocycles. The lowest BCUT2D eigenvalue weighted by Gasteiger charge is -2.00. The number of halogens is 1. The molecule has 2 aromatic rings. The summed E-state index contributed by atoms with van der Waals surface area (Å²) in [5.74, 6) is -0.0981. The number of amides is 1. The predicted octanol–water partition coefficient (Wildman–Crippen LogP) is 3.42. The van der Waals surface area contributed by atoms with Gasteiger partial charge in [-0.3, -0.25) is 4.79 Å². The molecule has 2 rings (SSSR count). The standard InChI is InChI=1S/C16H15ClN2O/c17-15-9-6-14(7-10-15)12-18-19-16(20)11-8-13-4-2-1-3-5-13/h1-7,9-10,12H,8,11H2,(H,19,20)/b18-12-. The summed E-state index contributed by atoms with van der Waals surface area (Å²) < 4.78 is 0. The van der Waals surface area contributed by atoms with E-state index in [1.165, 1.54) is 0 Å².